The number of nitrogens with zero attached hydrogens (tertiary/aromatic N) is 2. The lowest BCUT2D eigenvalue weighted by Crippen LogP contribution is -2.35. The molecule has 0 aliphatic heterocycles. The Labute approximate surface area is 110 Å². The van der Waals surface area contributed by atoms with Crippen LogP contribution in [-0.2, 0) is 0 Å². The summed E-state index contributed by atoms with van der Waals surface area (Å²) >= 11 is 7.66. The fraction of sp³-hybridized carbons (Fsp3) is 0.417. The molecule has 0 spiro atoms. The first-order valence-electron chi connectivity index (χ1n) is 5.50. The highest BCUT2D eigenvalue weighted by Crippen LogP contribution is 2.22. The maximum absolute atomic E-state index is 6.08. The van der Waals surface area contributed by atoms with Gasteiger partial charge in [-0.3, -0.25) is 4.40 Å². The van der Waals surface area contributed by atoms with Gasteiger partial charge in [0.2, 0.25) is 0 Å². The van der Waals surface area contributed by atoms with Crippen LogP contribution in [0, 0.1) is 0 Å². The lowest BCUT2D eigenvalue weighted by molar-refractivity contribution is 0.450. The first-order valence-corrected chi connectivity index (χ1v) is 6.76. The average molecular weight is 270 g/mol. The van der Waals surface area contributed by atoms with Crippen molar-refractivity contribution in [3.8, 4) is 0 Å². The van der Waals surface area contributed by atoms with Gasteiger partial charge in [-0.25, -0.2) is 4.98 Å². The summed E-state index contributed by atoms with van der Waals surface area (Å²) in [7, 11) is 0. The molecule has 0 fully saturated rings. The molecule has 5 heteroatoms. The summed E-state index contributed by atoms with van der Waals surface area (Å²) < 4.78 is 2.00. The average Bonchev–Trinajstić information content (AvgIpc) is 2.73. The van der Waals surface area contributed by atoms with Crippen molar-refractivity contribution in [1.82, 2.24) is 14.7 Å². The lowest BCUT2D eigenvalue weighted by atomic mass is 10.1. The Morgan fingerprint density at radius 3 is 3.00 bits per heavy atom. The Kier molecular flexibility index (Phi) is 3.56. The molecule has 0 unspecified atom stereocenters. The van der Waals surface area contributed by atoms with Gasteiger partial charge in [-0.2, -0.15) is 0 Å². The van der Waals surface area contributed by atoms with Gasteiger partial charge < -0.3 is 5.32 Å². The summed E-state index contributed by atoms with van der Waals surface area (Å²) in [5.74, 6) is 0. The van der Waals surface area contributed by atoms with Gasteiger partial charge in [-0.1, -0.05) is 17.7 Å². The van der Waals surface area contributed by atoms with E-state index in [1.807, 2.05) is 22.1 Å². The monoisotopic (exact) mass is 269 g/mol. The molecule has 0 radical (unpaired) electrons. The summed E-state index contributed by atoms with van der Waals surface area (Å²) in [6, 6.07) is 0. The third kappa shape index (κ3) is 3.09. The molecule has 2 rings (SSSR count). The Balaban J connectivity index is 2.10. The number of hydrogen-bond donors (Lipinski definition) is 1. The zero-order valence-electron chi connectivity index (χ0n) is 10.2. The van der Waals surface area contributed by atoms with Crippen LogP contribution in [0.4, 0.5) is 0 Å². The number of thiazole rings is 1. The van der Waals surface area contributed by atoms with E-state index in [9.17, 15) is 0 Å². The first kappa shape index (κ1) is 12.6. The van der Waals surface area contributed by atoms with E-state index in [-0.39, 0.29) is 5.54 Å². The smallest absolute Gasteiger partial charge is 0.195 e. The highest BCUT2D eigenvalue weighted by molar-refractivity contribution is 7.15. The number of nitrogens with one attached hydrogen (secondary N) is 1. The molecule has 2 aromatic heterocycles. The van der Waals surface area contributed by atoms with Crippen molar-refractivity contribution in [2.45, 2.75) is 26.3 Å². The molecular weight excluding hydrogens is 254 g/mol. The van der Waals surface area contributed by atoms with Crippen LogP contribution in [-0.4, -0.2) is 21.5 Å². The molecule has 0 amide bonds. The van der Waals surface area contributed by atoms with Crippen LogP contribution in [0.2, 0.25) is 5.15 Å². The third-order valence-electron chi connectivity index (χ3n) is 2.28. The van der Waals surface area contributed by atoms with Gasteiger partial charge in [0.15, 0.2) is 10.1 Å². The fourth-order valence-electron chi connectivity index (χ4n) is 1.46. The van der Waals surface area contributed by atoms with Crippen molar-refractivity contribution in [3.63, 3.8) is 0 Å². The van der Waals surface area contributed by atoms with Crippen molar-refractivity contribution in [3.05, 3.63) is 28.5 Å². The van der Waals surface area contributed by atoms with Crippen LogP contribution < -0.4 is 5.32 Å². The highest BCUT2D eigenvalue weighted by Gasteiger charge is 2.08. The minimum Gasteiger partial charge on any atom is -0.309 e. The van der Waals surface area contributed by atoms with Gasteiger partial charge >= 0.3 is 0 Å². The van der Waals surface area contributed by atoms with E-state index in [0.29, 0.717) is 5.15 Å². The number of aromatic nitrogens is 2. The number of halogens is 1. The van der Waals surface area contributed by atoms with Crippen molar-refractivity contribution in [2.75, 3.05) is 6.54 Å². The predicted octanol–water partition coefficient (Wildman–Crippen LogP) is 3.45. The normalized spacial score (nSPS) is 12.9. The molecule has 0 aliphatic rings. The van der Waals surface area contributed by atoms with Crippen molar-refractivity contribution in [1.29, 1.82) is 0 Å². The zero-order chi connectivity index (χ0) is 12.5. The van der Waals surface area contributed by atoms with Crippen LogP contribution in [0.3, 0.4) is 0 Å². The summed E-state index contributed by atoms with van der Waals surface area (Å²) in [6.45, 7) is 7.24. The third-order valence-corrected chi connectivity index (χ3v) is 3.31. The van der Waals surface area contributed by atoms with E-state index < -0.39 is 0 Å². The van der Waals surface area contributed by atoms with E-state index in [4.69, 9.17) is 11.6 Å². The molecule has 92 valence electrons. The minimum absolute atomic E-state index is 0.128. The first-order chi connectivity index (χ1) is 7.97. The second-order valence-corrected chi connectivity index (χ2v) is 6.11. The molecule has 2 heterocycles. The second kappa shape index (κ2) is 4.80. The molecule has 17 heavy (non-hydrogen) atoms. The maximum Gasteiger partial charge on any atom is 0.195 e. The number of hydrogen-bond acceptors (Lipinski definition) is 3. The number of fused-ring (bicyclic) bond motifs is 1. The molecule has 0 bridgehead atoms. The fourth-order valence-corrected chi connectivity index (χ4v) is 2.47. The van der Waals surface area contributed by atoms with E-state index in [2.05, 4.69) is 37.1 Å². The predicted molar refractivity (Wildman–Crippen MR) is 74.9 cm³/mol. The van der Waals surface area contributed by atoms with Gasteiger partial charge in [0, 0.05) is 23.7 Å². The van der Waals surface area contributed by atoms with Crippen LogP contribution >= 0.6 is 22.9 Å². The van der Waals surface area contributed by atoms with Crippen molar-refractivity contribution in [2.24, 2.45) is 0 Å². The maximum atomic E-state index is 6.08. The van der Waals surface area contributed by atoms with Gasteiger partial charge in [-0.05, 0) is 26.8 Å². The molecule has 0 aliphatic carbocycles. The number of imidazole rings is 1. The summed E-state index contributed by atoms with van der Waals surface area (Å²) in [5.41, 5.74) is 1.07. The zero-order valence-corrected chi connectivity index (χ0v) is 11.8. The lowest BCUT2D eigenvalue weighted by Gasteiger charge is -2.18. The van der Waals surface area contributed by atoms with Crippen LogP contribution in [0.5, 0.6) is 0 Å². The molecule has 0 atom stereocenters. The van der Waals surface area contributed by atoms with Crippen molar-refractivity contribution < 1.29 is 0 Å². The molecule has 2 aromatic rings. The van der Waals surface area contributed by atoms with E-state index in [0.717, 1.165) is 17.2 Å². The molecular formula is C12H16ClN3S. The SMILES string of the molecule is CC(C)(C)NCC=Cc1c(Cl)nc2sccn12. The van der Waals surface area contributed by atoms with E-state index in [1.165, 1.54) is 0 Å². The van der Waals surface area contributed by atoms with Gasteiger partial charge in [0.05, 0.1) is 5.69 Å². The standard InChI is InChI=1S/C12H16ClN3S/c1-12(2,3)14-6-4-5-9-10(13)15-11-16(9)7-8-17-11/h4-5,7-8,14H,6H2,1-3H3. The number of rotatable bonds is 3. The Bertz CT molecular complexity index is 533. The summed E-state index contributed by atoms with van der Waals surface area (Å²) in [6.07, 6.45) is 6.06. The van der Waals surface area contributed by atoms with Gasteiger partial charge in [0.1, 0.15) is 0 Å². The summed E-state index contributed by atoms with van der Waals surface area (Å²) in [4.78, 5) is 5.20. The van der Waals surface area contributed by atoms with E-state index in [1.54, 1.807) is 11.3 Å². The largest absolute Gasteiger partial charge is 0.309 e. The highest BCUT2D eigenvalue weighted by atomic mass is 35.5. The van der Waals surface area contributed by atoms with Crippen LogP contribution in [0.15, 0.2) is 17.7 Å². The topological polar surface area (TPSA) is 29.3 Å². The van der Waals surface area contributed by atoms with Crippen LogP contribution in [0.25, 0.3) is 11.0 Å². The Hall–Kier alpha value is -0.840. The van der Waals surface area contributed by atoms with Crippen molar-refractivity contribution >= 4 is 34.0 Å². The minimum atomic E-state index is 0.128. The molecule has 0 saturated heterocycles. The van der Waals surface area contributed by atoms with Gasteiger partial charge in [0.25, 0.3) is 0 Å². The Morgan fingerprint density at radius 1 is 1.53 bits per heavy atom. The Morgan fingerprint density at radius 2 is 2.29 bits per heavy atom. The van der Waals surface area contributed by atoms with Crippen LogP contribution in [0.1, 0.15) is 26.5 Å². The molecule has 0 aromatic carbocycles. The molecule has 1 N–H and O–H groups in total. The quantitative estimate of drug-likeness (QED) is 0.925. The summed E-state index contributed by atoms with van der Waals surface area (Å²) in [5, 5.41) is 5.95. The second-order valence-electron chi connectivity index (χ2n) is 4.88. The molecule has 3 nitrogen and oxygen atoms in total. The molecule has 0 saturated carbocycles. The van der Waals surface area contributed by atoms with E-state index >= 15 is 0 Å². The van der Waals surface area contributed by atoms with Gasteiger partial charge in [-0.15, -0.1) is 11.3 Å².